The van der Waals surface area contributed by atoms with E-state index in [0.29, 0.717) is 13.1 Å². The number of aliphatic hydroxyl groups excluding tert-OH is 1. The van der Waals surface area contributed by atoms with Crippen LogP contribution in [0.5, 0.6) is 5.75 Å². The second-order valence-corrected chi connectivity index (χ2v) is 9.48. The second kappa shape index (κ2) is 11.5. The molecule has 2 aromatic carbocycles. The average Bonchev–Trinajstić information content (AvgIpc) is 2.92. The van der Waals surface area contributed by atoms with Crippen molar-refractivity contribution in [3.8, 4) is 17.6 Å². The fraction of sp³-hybridized carbons (Fsp3) is 0.333. The van der Waals surface area contributed by atoms with Crippen LogP contribution >= 0.6 is 0 Å². The number of ether oxygens (including phenoxy) is 1. The fourth-order valence-corrected chi connectivity index (χ4v) is 5.36. The Morgan fingerprint density at radius 2 is 1.84 bits per heavy atom. The molecule has 2 amide bonds. The number of urea groups is 1. The van der Waals surface area contributed by atoms with Crippen molar-refractivity contribution in [2.24, 2.45) is 0 Å². The lowest BCUT2D eigenvalue weighted by Crippen LogP contribution is -2.68. The molecule has 3 aromatic rings. The zero-order valence-corrected chi connectivity index (χ0v) is 21.0. The normalized spacial score (nSPS) is 21.4. The van der Waals surface area contributed by atoms with Crippen LogP contribution < -0.4 is 10.1 Å². The molecule has 0 aliphatic carbocycles. The van der Waals surface area contributed by atoms with Gasteiger partial charge in [-0.25, -0.2) is 9.78 Å². The third-order valence-electron chi connectivity index (χ3n) is 7.29. The van der Waals surface area contributed by atoms with E-state index in [0.717, 1.165) is 42.1 Å². The van der Waals surface area contributed by atoms with Gasteiger partial charge in [0.05, 0.1) is 13.7 Å². The molecule has 190 valence electrons. The number of hydrogen-bond donors (Lipinski definition) is 2. The summed E-state index contributed by atoms with van der Waals surface area (Å²) in [5.41, 5.74) is 3.57. The minimum absolute atomic E-state index is 0.0556. The first-order chi connectivity index (χ1) is 18.2. The molecule has 2 saturated heterocycles. The van der Waals surface area contributed by atoms with E-state index in [1.54, 1.807) is 13.3 Å². The number of carbonyl (C=O) groups excluding carboxylic acids is 1. The smallest absolute Gasteiger partial charge is 0.321 e. The third-order valence-corrected chi connectivity index (χ3v) is 7.29. The van der Waals surface area contributed by atoms with E-state index in [2.05, 4.69) is 39.2 Å². The molecule has 37 heavy (non-hydrogen) atoms. The van der Waals surface area contributed by atoms with Crippen molar-refractivity contribution in [1.82, 2.24) is 14.8 Å². The van der Waals surface area contributed by atoms with Crippen molar-refractivity contribution in [3.05, 3.63) is 89.7 Å². The summed E-state index contributed by atoms with van der Waals surface area (Å²) in [5, 5.41) is 13.3. The van der Waals surface area contributed by atoms with Crippen molar-refractivity contribution < 1.29 is 14.6 Å². The first kappa shape index (κ1) is 24.8. The van der Waals surface area contributed by atoms with Crippen molar-refractivity contribution in [3.63, 3.8) is 0 Å². The van der Waals surface area contributed by atoms with Crippen molar-refractivity contribution in [2.45, 2.75) is 30.8 Å². The van der Waals surface area contributed by atoms with Crippen LogP contribution in [0.2, 0.25) is 0 Å². The van der Waals surface area contributed by atoms with Crippen LogP contribution in [0.4, 0.5) is 10.5 Å². The number of benzene rings is 2. The number of aromatic nitrogens is 1. The molecular formula is C30H32N4O3. The molecule has 0 saturated carbocycles. The van der Waals surface area contributed by atoms with Gasteiger partial charge in [0.2, 0.25) is 0 Å². The number of nitrogens with one attached hydrogen (secondary N) is 1. The van der Waals surface area contributed by atoms with Gasteiger partial charge in [-0.2, -0.15) is 0 Å². The first-order valence-corrected chi connectivity index (χ1v) is 12.8. The number of nitrogens with zero attached hydrogens (tertiary/aromatic N) is 3. The maximum Gasteiger partial charge on any atom is 0.321 e. The number of methoxy groups -OCH3 is 1. The van der Waals surface area contributed by atoms with Gasteiger partial charge in [0, 0.05) is 48.5 Å². The molecule has 0 bridgehead atoms. The van der Waals surface area contributed by atoms with Gasteiger partial charge >= 0.3 is 6.03 Å². The summed E-state index contributed by atoms with van der Waals surface area (Å²) in [5.74, 6) is 7.17. The molecule has 5 rings (SSSR count). The minimum atomic E-state index is -0.0987. The Morgan fingerprint density at radius 1 is 1.05 bits per heavy atom. The van der Waals surface area contributed by atoms with Crippen LogP contribution in [-0.4, -0.2) is 71.4 Å². The Balaban J connectivity index is 1.30. The third kappa shape index (κ3) is 5.61. The molecule has 0 spiro atoms. The summed E-state index contributed by atoms with van der Waals surface area (Å²) < 4.78 is 5.21. The van der Waals surface area contributed by atoms with Gasteiger partial charge in [0.25, 0.3) is 0 Å². The highest BCUT2D eigenvalue weighted by atomic mass is 16.5. The van der Waals surface area contributed by atoms with E-state index in [1.165, 1.54) is 5.56 Å². The summed E-state index contributed by atoms with van der Waals surface area (Å²) in [6.07, 6.45) is 3.67. The zero-order valence-electron chi connectivity index (χ0n) is 21.0. The summed E-state index contributed by atoms with van der Waals surface area (Å²) in [6, 6.07) is 21.4. The van der Waals surface area contributed by atoms with E-state index in [9.17, 15) is 9.90 Å². The largest absolute Gasteiger partial charge is 0.497 e. The predicted molar refractivity (Wildman–Crippen MR) is 144 cm³/mol. The maximum atomic E-state index is 13.2. The number of aliphatic hydroxyl groups is 1. The van der Waals surface area contributed by atoms with E-state index in [1.807, 2.05) is 59.5 Å². The lowest BCUT2D eigenvalue weighted by atomic mass is 9.74. The van der Waals surface area contributed by atoms with Gasteiger partial charge in [-0.3, -0.25) is 4.90 Å². The van der Waals surface area contributed by atoms with Gasteiger partial charge in [-0.15, -0.1) is 0 Å². The van der Waals surface area contributed by atoms with Crippen molar-refractivity contribution >= 4 is 11.7 Å². The van der Waals surface area contributed by atoms with E-state index in [4.69, 9.17) is 4.74 Å². The van der Waals surface area contributed by atoms with Crippen LogP contribution in [0.3, 0.4) is 0 Å². The van der Waals surface area contributed by atoms with Crippen molar-refractivity contribution in [2.75, 3.05) is 38.7 Å². The van der Waals surface area contributed by atoms with Crippen LogP contribution in [0.1, 0.15) is 35.6 Å². The van der Waals surface area contributed by atoms with E-state index >= 15 is 0 Å². The molecule has 0 radical (unpaired) electrons. The molecule has 2 N–H and O–H groups in total. The second-order valence-electron chi connectivity index (χ2n) is 9.48. The Bertz CT molecular complexity index is 1250. The highest BCUT2D eigenvalue weighted by Crippen LogP contribution is 2.42. The number of amides is 2. The van der Waals surface area contributed by atoms with E-state index < -0.39 is 0 Å². The van der Waals surface area contributed by atoms with Crippen LogP contribution in [0.15, 0.2) is 72.9 Å². The van der Waals surface area contributed by atoms with Gasteiger partial charge in [0.15, 0.2) is 0 Å². The van der Waals surface area contributed by atoms with Crippen LogP contribution in [-0.2, 0) is 0 Å². The number of rotatable bonds is 4. The summed E-state index contributed by atoms with van der Waals surface area (Å²) in [7, 11) is 1.62. The van der Waals surface area contributed by atoms with Gasteiger partial charge in [0.1, 0.15) is 11.4 Å². The zero-order chi connectivity index (χ0) is 25.6. The SMILES string of the molecule is COc1ccc(NC(=O)N2CCCCN3[C@H](C2)[C@H](c2ccc(C#Cc4ccccn4)cc2)[C@@H]3CO)cc1. The maximum absolute atomic E-state index is 13.2. The standard InChI is InChI=1S/C30H32N4O3/c1-37-26-15-13-25(14-16-26)32-30(36)33-18-4-5-19-34-27(20-33)29(28(34)21-35)23-10-7-22(8-11-23)9-12-24-6-2-3-17-31-24/h2-3,6-8,10-11,13-17,27-29,35H,4-5,18-21H2,1H3,(H,32,36)/t27-,28+,29+/m1/s1. The molecule has 7 heteroatoms. The molecule has 2 aliphatic heterocycles. The predicted octanol–water partition coefficient (Wildman–Crippen LogP) is 3.95. The monoisotopic (exact) mass is 496 g/mol. The lowest BCUT2D eigenvalue weighted by molar-refractivity contribution is -0.0585. The van der Waals surface area contributed by atoms with E-state index in [-0.39, 0.29) is 30.6 Å². The van der Waals surface area contributed by atoms with Gasteiger partial charge in [-0.1, -0.05) is 24.1 Å². The molecule has 2 fully saturated rings. The lowest BCUT2D eigenvalue weighted by Gasteiger charge is -2.57. The summed E-state index contributed by atoms with van der Waals surface area (Å²) >= 11 is 0. The average molecular weight is 497 g/mol. The van der Waals surface area contributed by atoms with Gasteiger partial charge in [-0.05, 0) is 79.4 Å². The minimum Gasteiger partial charge on any atom is -0.497 e. The molecule has 7 nitrogen and oxygen atoms in total. The van der Waals surface area contributed by atoms with Crippen LogP contribution in [0.25, 0.3) is 0 Å². The Morgan fingerprint density at radius 3 is 2.54 bits per heavy atom. The Kier molecular flexibility index (Phi) is 7.69. The number of anilines is 1. The number of carbonyl (C=O) groups is 1. The number of pyridine rings is 1. The quantitative estimate of drug-likeness (QED) is 0.535. The molecule has 0 unspecified atom stereocenters. The Labute approximate surface area is 218 Å². The molecule has 2 aliphatic rings. The molecular weight excluding hydrogens is 464 g/mol. The highest BCUT2D eigenvalue weighted by molar-refractivity contribution is 5.89. The molecule has 1 aromatic heterocycles. The number of hydrogen-bond acceptors (Lipinski definition) is 5. The molecule has 3 atom stereocenters. The topological polar surface area (TPSA) is 77.9 Å². The first-order valence-electron chi connectivity index (χ1n) is 12.8. The van der Waals surface area contributed by atoms with Crippen molar-refractivity contribution in [1.29, 1.82) is 0 Å². The van der Waals surface area contributed by atoms with Crippen LogP contribution in [0, 0.1) is 11.8 Å². The summed E-state index contributed by atoms with van der Waals surface area (Å²) in [6.45, 7) is 2.36. The van der Waals surface area contributed by atoms with Gasteiger partial charge < -0.3 is 20.1 Å². The Hall–Kier alpha value is -3.86. The summed E-state index contributed by atoms with van der Waals surface area (Å²) in [4.78, 5) is 21.7. The fourth-order valence-electron chi connectivity index (χ4n) is 5.36. The highest BCUT2D eigenvalue weighted by Gasteiger charge is 2.49. The molecule has 3 heterocycles. The number of fused-ring (bicyclic) bond motifs is 1.